The molecular formula is C32H56O10Ti2. The van der Waals surface area contributed by atoms with Crippen molar-refractivity contribution in [2.75, 3.05) is 0 Å². The van der Waals surface area contributed by atoms with Gasteiger partial charge in [0.05, 0.1) is 0 Å². The van der Waals surface area contributed by atoms with Crippen molar-refractivity contribution in [2.24, 2.45) is 0 Å². The van der Waals surface area contributed by atoms with E-state index >= 15 is 0 Å². The summed E-state index contributed by atoms with van der Waals surface area (Å²) in [4.78, 5) is 0. The predicted octanol–water partition coefficient (Wildman–Crippen LogP) is 0.0740. The predicted molar refractivity (Wildman–Crippen MR) is 155 cm³/mol. The number of aliphatic hydroxyl groups excluding tert-OH is 2. The Morgan fingerprint density at radius 3 is 0.636 bits per heavy atom. The molecule has 0 saturated heterocycles. The van der Waals surface area contributed by atoms with Crippen LogP contribution in [-0.4, -0.2) is 46.8 Å². The van der Waals surface area contributed by atoms with Crippen molar-refractivity contribution < 1.29 is 94.5 Å². The van der Waals surface area contributed by atoms with E-state index in [2.05, 4.69) is 0 Å². The van der Waals surface area contributed by atoms with Gasteiger partial charge < -0.3 is 51.1 Å². The van der Waals surface area contributed by atoms with Crippen LogP contribution in [0.5, 0.6) is 23.0 Å². The van der Waals surface area contributed by atoms with Crippen LogP contribution in [0.1, 0.15) is 94.2 Å². The van der Waals surface area contributed by atoms with Gasteiger partial charge in [-0.1, -0.05) is 103 Å². The summed E-state index contributed by atoms with van der Waals surface area (Å²) in [6.45, 7) is 23.3. The topological polar surface area (TPSA) is 225 Å². The second kappa shape index (κ2) is 41.8. The van der Waals surface area contributed by atoms with Crippen molar-refractivity contribution >= 4 is 0 Å². The summed E-state index contributed by atoms with van der Waals surface area (Å²) in [5.41, 5.74) is 1.67. The third kappa shape index (κ3) is 105. The minimum absolute atomic E-state index is 0. The van der Waals surface area contributed by atoms with Gasteiger partial charge in [0.25, 0.3) is 0 Å². The maximum Gasteiger partial charge on any atom is 4.00 e. The van der Waals surface area contributed by atoms with Gasteiger partial charge in [-0.05, 0) is 41.5 Å². The molecule has 2 aromatic rings. The molecule has 252 valence electrons. The Labute approximate surface area is 297 Å². The van der Waals surface area contributed by atoms with E-state index in [1.54, 1.807) is 109 Å². The summed E-state index contributed by atoms with van der Waals surface area (Å²) in [5.74, 6) is -1.70. The standard InChI is InChI=1S/2C7H8O2.2C3H8O.4C3H7O.2Ti/c2*1-5-2-3-6(8)7(9)4-5;6*1-3(2)4;;/h2*2-4,8-9H,1H3;2*3-4H,1-2H3;4*3H,1-2H3;;/q;;;;4*-1;2*+4/p-4. The zero-order valence-electron chi connectivity index (χ0n) is 29.1. The van der Waals surface area contributed by atoms with Gasteiger partial charge >= 0.3 is 43.4 Å². The molecule has 0 fully saturated rings. The van der Waals surface area contributed by atoms with Crippen LogP contribution < -0.4 is 40.9 Å². The molecule has 0 aliphatic heterocycles. The molecule has 0 heterocycles. The molecule has 0 unspecified atom stereocenters. The quantitative estimate of drug-likeness (QED) is 0.353. The van der Waals surface area contributed by atoms with Crippen LogP contribution in [0.25, 0.3) is 0 Å². The first-order chi connectivity index (χ1) is 18.8. The Balaban J connectivity index is -0.0000000579. The molecule has 0 aliphatic carbocycles. The van der Waals surface area contributed by atoms with Crippen LogP contribution in [-0.2, 0) is 43.4 Å². The smallest absolute Gasteiger partial charge is 0.873 e. The minimum atomic E-state index is -0.430. The summed E-state index contributed by atoms with van der Waals surface area (Å²) in [5, 5.41) is 96.2. The molecule has 12 heteroatoms. The van der Waals surface area contributed by atoms with Crippen molar-refractivity contribution in [3.05, 3.63) is 47.5 Å². The third-order valence-electron chi connectivity index (χ3n) is 2.20. The second-order valence-corrected chi connectivity index (χ2v) is 10.3. The third-order valence-corrected chi connectivity index (χ3v) is 2.20. The van der Waals surface area contributed by atoms with Crippen LogP contribution in [0.3, 0.4) is 0 Å². The molecule has 0 amide bonds. The Kier molecular flexibility index (Phi) is 58.7. The van der Waals surface area contributed by atoms with Gasteiger partial charge in [-0.25, -0.2) is 0 Å². The average molecular weight is 697 g/mol. The molecule has 0 saturated carbocycles. The van der Waals surface area contributed by atoms with Crippen molar-refractivity contribution in [2.45, 2.75) is 134 Å². The van der Waals surface area contributed by atoms with Crippen LogP contribution in [0, 0.1) is 13.8 Å². The fourth-order valence-corrected chi connectivity index (χ4v) is 1.23. The van der Waals surface area contributed by atoms with Gasteiger partial charge in [-0.2, -0.15) is 0 Å². The summed E-state index contributed by atoms with van der Waals surface area (Å²) < 4.78 is 0. The Morgan fingerprint density at radius 1 is 0.409 bits per heavy atom. The van der Waals surface area contributed by atoms with Crippen LogP contribution in [0.2, 0.25) is 0 Å². The molecule has 2 rings (SSSR count). The van der Waals surface area contributed by atoms with Crippen LogP contribution in [0.4, 0.5) is 0 Å². The van der Waals surface area contributed by atoms with E-state index < -0.39 is 47.4 Å². The number of rotatable bonds is 0. The van der Waals surface area contributed by atoms with Crippen molar-refractivity contribution in [3.63, 3.8) is 0 Å². The Bertz CT molecular complexity index is 705. The van der Waals surface area contributed by atoms with Crippen LogP contribution in [0.15, 0.2) is 36.4 Å². The van der Waals surface area contributed by atoms with E-state index in [1.165, 1.54) is 24.3 Å². The SMILES string of the molecule is CC(C)O.CC(C)O.CC(C)[O-].CC(C)[O-].CC(C)[O-].CC(C)[O-].Cc1ccc([O-])c([O-])c1.Cc1ccc([O-])c([O-])c1.[Ti+4].[Ti+4]. The van der Waals surface area contributed by atoms with Gasteiger partial charge in [0.15, 0.2) is 0 Å². The summed E-state index contributed by atoms with van der Waals surface area (Å²) in [6, 6.07) is 8.51. The van der Waals surface area contributed by atoms with Crippen molar-refractivity contribution in [1.29, 1.82) is 0 Å². The van der Waals surface area contributed by atoms with E-state index in [0.29, 0.717) is 0 Å². The molecule has 2 N–H and O–H groups in total. The number of aliphatic hydroxyl groups is 2. The average Bonchev–Trinajstić information content (AvgIpc) is 2.72. The molecule has 0 aromatic heterocycles. The Morgan fingerprint density at radius 2 is 0.545 bits per heavy atom. The van der Waals surface area contributed by atoms with Crippen molar-refractivity contribution in [1.82, 2.24) is 0 Å². The summed E-state index contributed by atoms with van der Waals surface area (Å²) in [7, 11) is 0. The molecule has 0 bridgehead atoms. The Hall–Kier alpha value is -1.17. The van der Waals surface area contributed by atoms with Crippen LogP contribution >= 0.6 is 0 Å². The normalized spacial score (nSPS) is 8.77. The maximum atomic E-state index is 10.5. The van der Waals surface area contributed by atoms with Gasteiger partial charge in [0.2, 0.25) is 0 Å². The monoisotopic (exact) mass is 696 g/mol. The van der Waals surface area contributed by atoms with Crippen molar-refractivity contribution in [3.8, 4) is 23.0 Å². The zero-order valence-corrected chi connectivity index (χ0v) is 32.2. The molecule has 0 atom stereocenters. The molecule has 0 spiro atoms. The van der Waals surface area contributed by atoms with Gasteiger partial charge in [0.1, 0.15) is 0 Å². The molecule has 2 aromatic carbocycles. The first-order valence-corrected chi connectivity index (χ1v) is 13.7. The number of benzene rings is 2. The molecule has 44 heavy (non-hydrogen) atoms. The number of hydrogen-bond acceptors (Lipinski definition) is 10. The maximum absolute atomic E-state index is 10.5. The summed E-state index contributed by atoms with van der Waals surface area (Å²) in [6.07, 6.45) is -2.00. The van der Waals surface area contributed by atoms with E-state index in [0.717, 1.165) is 11.1 Å². The molecule has 0 radical (unpaired) electrons. The van der Waals surface area contributed by atoms with E-state index in [-0.39, 0.29) is 55.6 Å². The zero-order chi connectivity index (χ0) is 35.2. The van der Waals surface area contributed by atoms with E-state index in [4.69, 9.17) is 10.2 Å². The molecule has 0 aliphatic rings. The minimum Gasteiger partial charge on any atom is -0.873 e. The fraction of sp³-hybridized carbons (Fsp3) is 0.625. The summed E-state index contributed by atoms with van der Waals surface area (Å²) >= 11 is 0. The second-order valence-electron chi connectivity index (χ2n) is 10.3. The van der Waals surface area contributed by atoms with E-state index in [1.807, 2.05) is 0 Å². The van der Waals surface area contributed by atoms with Gasteiger partial charge in [0, 0.05) is 12.2 Å². The largest absolute Gasteiger partial charge is 4.00 e. The first-order valence-electron chi connectivity index (χ1n) is 13.7. The van der Waals surface area contributed by atoms with Gasteiger partial charge in [-0.3, -0.25) is 0 Å². The van der Waals surface area contributed by atoms with Gasteiger partial charge in [-0.15, -0.1) is 47.4 Å². The molecular weight excluding hydrogens is 640 g/mol. The number of hydrogen-bond donors (Lipinski definition) is 2. The first kappa shape index (κ1) is 61.8. The molecule has 10 nitrogen and oxygen atoms in total. The van der Waals surface area contributed by atoms with E-state index in [9.17, 15) is 40.9 Å². The number of aryl methyl sites for hydroxylation is 2. The fourth-order valence-electron chi connectivity index (χ4n) is 1.23.